The lowest BCUT2D eigenvalue weighted by Crippen LogP contribution is -2.39. The van der Waals surface area contributed by atoms with E-state index < -0.39 is 11.0 Å². The number of carbonyl (C=O) groups excluding carboxylic acids is 2. The van der Waals surface area contributed by atoms with E-state index in [2.05, 4.69) is 19.2 Å². The number of ketones is 1. The summed E-state index contributed by atoms with van der Waals surface area (Å²) < 4.78 is 6.35. The van der Waals surface area contributed by atoms with E-state index in [1.165, 1.54) is 12.1 Å². The number of hydrogen-bond donors (Lipinski definition) is 1. The van der Waals surface area contributed by atoms with E-state index in [1.807, 2.05) is 30.3 Å². The van der Waals surface area contributed by atoms with Crippen LogP contribution in [0.4, 0.5) is 17.1 Å². The summed E-state index contributed by atoms with van der Waals surface area (Å²) in [4.78, 5) is 40.7. The van der Waals surface area contributed by atoms with Crippen molar-refractivity contribution in [3.63, 3.8) is 0 Å². The second-order valence-corrected chi connectivity index (χ2v) is 10.9. The van der Waals surface area contributed by atoms with E-state index in [-0.39, 0.29) is 22.8 Å². The second kappa shape index (κ2) is 9.64. The predicted molar refractivity (Wildman–Crippen MR) is 152 cm³/mol. The highest BCUT2D eigenvalue weighted by atomic mass is 16.6. The molecular weight excluding hydrogens is 506 g/mol. The zero-order valence-electron chi connectivity index (χ0n) is 22.1. The van der Waals surface area contributed by atoms with E-state index in [0.717, 1.165) is 11.4 Å². The molecule has 2 heterocycles. The van der Waals surface area contributed by atoms with Gasteiger partial charge in [0.25, 0.3) is 11.6 Å². The molecule has 1 aliphatic carbocycles. The Morgan fingerprint density at radius 3 is 2.50 bits per heavy atom. The number of furan rings is 1. The minimum absolute atomic E-state index is 0.0568. The van der Waals surface area contributed by atoms with E-state index >= 15 is 0 Å². The molecule has 0 fully saturated rings. The molecule has 2 aliphatic rings. The van der Waals surface area contributed by atoms with Crippen LogP contribution in [-0.2, 0) is 4.79 Å². The van der Waals surface area contributed by atoms with Gasteiger partial charge in [-0.3, -0.25) is 24.6 Å². The van der Waals surface area contributed by atoms with Crippen molar-refractivity contribution < 1.29 is 18.9 Å². The number of nitro benzene ring substituents is 1. The Bertz CT molecular complexity index is 1690. The highest BCUT2D eigenvalue weighted by Crippen LogP contribution is 2.49. The van der Waals surface area contributed by atoms with Gasteiger partial charge in [-0.25, -0.2) is 0 Å². The van der Waals surface area contributed by atoms with Crippen molar-refractivity contribution in [1.82, 2.24) is 0 Å². The smallest absolute Gasteiger partial charge is 0.270 e. The number of non-ortho nitro benzene ring substituents is 1. The first-order valence-corrected chi connectivity index (χ1v) is 13.1. The van der Waals surface area contributed by atoms with Crippen LogP contribution in [0.25, 0.3) is 11.3 Å². The third-order valence-electron chi connectivity index (χ3n) is 7.38. The van der Waals surface area contributed by atoms with Crippen LogP contribution in [0, 0.1) is 15.5 Å². The van der Waals surface area contributed by atoms with Crippen LogP contribution in [0.3, 0.4) is 0 Å². The number of para-hydroxylation sites is 2. The van der Waals surface area contributed by atoms with E-state index in [9.17, 15) is 19.7 Å². The van der Waals surface area contributed by atoms with Gasteiger partial charge in [-0.15, -0.1) is 0 Å². The first-order valence-electron chi connectivity index (χ1n) is 13.1. The Kier molecular flexibility index (Phi) is 6.10. The SMILES string of the molecule is CC1(C)CC(=O)C2=C(C1)Nc1ccccc1N(C(=O)c1ccccc1)C2c1ccc(-c2cccc([N+](=O)[O-])c2)o1. The molecule has 40 heavy (non-hydrogen) atoms. The fraction of sp³-hybridized carbons (Fsp3) is 0.188. The number of Topliss-reactive ketones (excluding diaryl/α,β-unsaturated/α-hetero) is 1. The zero-order valence-corrected chi connectivity index (χ0v) is 22.1. The topological polar surface area (TPSA) is 106 Å². The molecule has 0 spiro atoms. The number of fused-ring (bicyclic) bond motifs is 1. The number of nitrogens with zero attached hydrogens (tertiary/aromatic N) is 2. The van der Waals surface area contributed by atoms with E-state index in [0.29, 0.717) is 46.7 Å². The number of nitrogens with one attached hydrogen (secondary N) is 1. The molecular formula is C32H27N3O5. The molecule has 6 rings (SSSR count). The van der Waals surface area contributed by atoms with Gasteiger partial charge in [0.2, 0.25) is 0 Å². The van der Waals surface area contributed by atoms with Crippen molar-refractivity contribution in [1.29, 1.82) is 0 Å². The predicted octanol–water partition coefficient (Wildman–Crippen LogP) is 7.31. The second-order valence-electron chi connectivity index (χ2n) is 10.9. The molecule has 0 bridgehead atoms. The lowest BCUT2D eigenvalue weighted by Gasteiger charge is -2.36. The van der Waals surface area contributed by atoms with Gasteiger partial charge < -0.3 is 9.73 Å². The maximum atomic E-state index is 14.3. The van der Waals surface area contributed by atoms with Crippen LogP contribution in [0.15, 0.2) is 107 Å². The van der Waals surface area contributed by atoms with Gasteiger partial charge in [-0.05, 0) is 48.2 Å². The van der Waals surface area contributed by atoms with Crippen molar-refractivity contribution in [3.05, 3.63) is 124 Å². The minimum atomic E-state index is -0.852. The molecule has 0 saturated heterocycles. The van der Waals surface area contributed by atoms with Crippen LogP contribution in [0.5, 0.6) is 0 Å². The summed E-state index contributed by atoms with van der Waals surface area (Å²) >= 11 is 0. The van der Waals surface area contributed by atoms with Crippen LogP contribution in [0.2, 0.25) is 0 Å². The molecule has 1 unspecified atom stereocenters. The molecule has 200 valence electrons. The number of amides is 1. The number of benzene rings is 3. The molecule has 4 aromatic rings. The third-order valence-corrected chi connectivity index (χ3v) is 7.38. The molecule has 1 amide bonds. The summed E-state index contributed by atoms with van der Waals surface area (Å²) in [5.74, 6) is 0.460. The average Bonchev–Trinajstić information content (AvgIpc) is 3.37. The number of carbonyl (C=O) groups is 2. The molecule has 0 radical (unpaired) electrons. The fourth-order valence-electron chi connectivity index (χ4n) is 5.63. The Balaban J connectivity index is 1.57. The van der Waals surface area contributed by atoms with Crippen molar-refractivity contribution in [3.8, 4) is 11.3 Å². The number of allylic oxidation sites excluding steroid dienone is 1. The minimum Gasteiger partial charge on any atom is -0.458 e. The third kappa shape index (κ3) is 4.47. The normalized spacial score (nSPS) is 17.9. The first-order chi connectivity index (χ1) is 19.2. The standard InChI is InChI=1S/C32H27N3O5/c1-32(2)18-24-29(26(36)19-32)30(28-16-15-27(40-28)21-11-8-12-22(17-21)35(38)39)34(25-14-7-6-13-23(25)33-24)31(37)20-9-4-3-5-10-20/h3-17,30,33H,18-19H2,1-2H3. The van der Waals surface area contributed by atoms with Gasteiger partial charge >= 0.3 is 0 Å². The van der Waals surface area contributed by atoms with Crippen molar-refractivity contribution in [2.45, 2.75) is 32.7 Å². The summed E-state index contributed by atoms with van der Waals surface area (Å²) in [6.45, 7) is 4.12. The number of rotatable bonds is 4. The molecule has 1 atom stereocenters. The van der Waals surface area contributed by atoms with Gasteiger partial charge in [0, 0.05) is 41.0 Å². The van der Waals surface area contributed by atoms with Crippen molar-refractivity contribution >= 4 is 28.8 Å². The van der Waals surface area contributed by atoms with E-state index in [1.54, 1.807) is 53.4 Å². The Morgan fingerprint density at radius 2 is 1.73 bits per heavy atom. The summed E-state index contributed by atoms with van der Waals surface area (Å²) in [6, 6.07) is 25.2. The van der Waals surface area contributed by atoms with Crippen LogP contribution >= 0.6 is 0 Å². The molecule has 3 aromatic carbocycles. The van der Waals surface area contributed by atoms with E-state index in [4.69, 9.17) is 4.42 Å². The van der Waals surface area contributed by atoms with Crippen LogP contribution in [0.1, 0.15) is 48.8 Å². The molecule has 8 heteroatoms. The highest BCUT2D eigenvalue weighted by Gasteiger charge is 2.44. The van der Waals surface area contributed by atoms with Gasteiger partial charge in [0.05, 0.1) is 16.3 Å². The van der Waals surface area contributed by atoms with Crippen molar-refractivity contribution in [2.24, 2.45) is 5.41 Å². The first kappa shape index (κ1) is 25.3. The maximum Gasteiger partial charge on any atom is 0.270 e. The summed E-state index contributed by atoms with van der Waals surface area (Å²) in [7, 11) is 0. The summed E-state index contributed by atoms with van der Waals surface area (Å²) in [5.41, 5.74) is 3.26. The number of nitro groups is 1. The summed E-state index contributed by atoms with van der Waals surface area (Å²) in [6.07, 6.45) is 0.941. The highest BCUT2D eigenvalue weighted by molar-refractivity contribution is 6.11. The molecule has 0 saturated carbocycles. The number of hydrogen-bond acceptors (Lipinski definition) is 6. The van der Waals surface area contributed by atoms with Gasteiger partial charge in [-0.2, -0.15) is 0 Å². The average molecular weight is 534 g/mol. The maximum absolute atomic E-state index is 14.3. The summed E-state index contributed by atoms with van der Waals surface area (Å²) in [5, 5.41) is 14.9. The Morgan fingerprint density at radius 1 is 0.975 bits per heavy atom. The zero-order chi connectivity index (χ0) is 28.0. The van der Waals surface area contributed by atoms with Gasteiger partial charge in [0.15, 0.2) is 5.78 Å². The van der Waals surface area contributed by atoms with Crippen molar-refractivity contribution in [2.75, 3.05) is 10.2 Å². The monoisotopic (exact) mass is 533 g/mol. The van der Waals surface area contributed by atoms with Gasteiger partial charge in [-0.1, -0.05) is 56.3 Å². The molecule has 1 aliphatic heterocycles. The lowest BCUT2D eigenvalue weighted by molar-refractivity contribution is -0.384. The fourth-order valence-corrected chi connectivity index (χ4v) is 5.63. The van der Waals surface area contributed by atoms with Crippen LogP contribution in [-0.4, -0.2) is 16.6 Å². The lowest BCUT2D eigenvalue weighted by atomic mass is 9.74. The quantitative estimate of drug-likeness (QED) is 0.218. The molecule has 8 nitrogen and oxygen atoms in total. The molecule has 1 N–H and O–H groups in total. The Labute approximate surface area is 231 Å². The molecule has 1 aromatic heterocycles. The largest absolute Gasteiger partial charge is 0.458 e. The number of anilines is 2. The Hall–Kier alpha value is -4.98. The van der Waals surface area contributed by atoms with Gasteiger partial charge in [0.1, 0.15) is 17.6 Å². The van der Waals surface area contributed by atoms with Crippen LogP contribution < -0.4 is 10.2 Å².